The van der Waals surface area contributed by atoms with E-state index in [9.17, 15) is 0 Å². The standard InChI is InChI=1S/C20H33N3/c1-12(2)19(22(8)9)17-15(6)14(5)16(7)18(21-17)20(13(3)4)23(10)11/h1-11H3. The summed E-state index contributed by atoms with van der Waals surface area (Å²) < 4.78 is 0. The minimum atomic E-state index is 1.09. The fraction of sp³-hybridized carbons (Fsp3) is 0.550. The van der Waals surface area contributed by atoms with Gasteiger partial charge in [-0.1, -0.05) is 11.1 Å². The summed E-state index contributed by atoms with van der Waals surface area (Å²) >= 11 is 0. The average Bonchev–Trinajstić information content (AvgIpc) is 2.39. The molecule has 1 aromatic rings. The number of aromatic nitrogens is 1. The molecule has 23 heavy (non-hydrogen) atoms. The molecule has 1 heterocycles. The minimum absolute atomic E-state index is 1.09. The molecule has 0 aliphatic heterocycles. The van der Waals surface area contributed by atoms with Crippen LogP contribution in [-0.2, 0) is 0 Å². The summed E-state index contributed by atoms with van der Waals surface area (Å²) in [6, 6.07) is 0. The third-order valence-electron chi connectivity index (χ3n) is 4.35. The van der Waals surface area contributed by atoms with Crippen molar-refractivity contribution in [2.45, 2.75) is 48.5 Å². The first-order chi connectivity index (χ1) is 10.5. The van der Waals surface area contributed by atoms with Crippen LogP contribution in [0.15, 0.2) is 11.1 Å². The van der Waals surface area contributed by atoms with Gasteiger partial charge < -0.3 is 9.80 Å². The van der Waals surface area contributed by atoms with Crippen molar-refractivity contribution in [3.8, 4) is 0 Å². The summed E-state index contributed by atoms with van der Waals surface area (Å²) in [5, 5.41) is 0. The monoisotopic (exact) mass is 315 g/mol. The van der Waals surface area contributed by atoms with E-state index in [4.69, 9.17) is 4.98 Å². The smallest absolute Gasteiger partial charge is 0.0902 e. The maximum absolute atomic E-state index is 5.12. The van der Waals surface area contributed by atoms with Gasteiger partial charge in [0.25, 0.3) is 0 Å². The van der Waals surface area contributed by atoms with Crippen LogP contribution < -0.4 is 0 Å². The maximum Gasteiger partial charge on any atom is 0.0902 e. The van der Waals surface area contributed by atoms with Crippen LogP contribution in [0.5, 0.6) is 0 Å². The second-order valence-electron chi connectivity index (χ2n) is 7.17. The van der Waals surface area contributed by atoms with Crippen molar-refractivity contribution in [3.63, 3.8) is 0 Å². The number of nitrogens with zero attached hydrogens (tertiary/aromatic N) is 3. The third-order valence-corrected chi connectivity index (χ3v) is 4.35. The van der Waals surface area contributed by atoms with E-state index in [1.54, 1.807) is 0 Å². The Hall–Kier alpha value is -1.77. The molecule has 0 spiro atoms. The largest absolute Gasteiger partial charge is 0.376 e. The van der Waals surface area contributed by atoms with Crippen LogP contribution in [0, 0.1) is 20.8 Å². The van der Waals surface area contributed by atoms with E-state index in [2.05, 4.69) is 86.5 Å². The molecule has 0 radical (unpaired) electrons. The van der Waals surface area contributed by atoms with Crippen molar-refractivity contribution in [1.29, 1.82) is 0 Å². The molecule has 1 aromatic heterocycles. The van der Waals surface area contributed by atoms with Gasteiger partial charge in [0.2, 0.25) is 0 Å². The summed E-state index contributed by atoms with van der Waals surface area (Å²) in [6.07, 6.45) is 0. The van der Waals surface area contributed by atoms with Gasteiger partial charge in [-0.05, 0) is 65.2 Å². The zero-order valence-corrected chi connectivity index (χ0v) is 16.8. The lowest BCUT2D eigenvalue weighted by molar-refractivity contribution is 0.576. The highest BCUT2D eigenvalue weighted by Crippen LogP contribution is 2.31. The molecule has 128 valence electrons. The Labute approximate surface area is 142 Å². The molecule has 0 fully saturated rings. The summed E-state index contributed by atoms with van der Waals surface area (Å²) in [7, 11) is 8.36. The van der Waals surface area contributed by atoms with E-state index in [0.717, 1.165) is 11.4 Å². The van der Waals surface area contributed by atoms with E-state index in [1.807, 2.05) is 0 Å². The molecule has 0 aromatic carbocycles. The van der Waals surface area contributed by atoms with Crippen molar-refractivity contribution in [1.82, 2.24) is 14.8 Å². The molecular weight excluding hydrogens is 282 g/mol. The lowest BCUT2D eigenvalue weighted by Crippen LogP contribution is -2.19. The molecule has 1 rings (SSSR count). The van der Waals surface area contributed by atoms with E-state index in [0.29, 0.717) is 0 Å². The zero-order valence-electron chi connectivity index (χ0n) is 16.8. The van der Waals surface area contributed by atoms with Crippen molar-refractivity contribution in [2.75, 3.05) is 28.2 Å². The summed E-state index contributed by atoms with van der Waals surface area (Å²) in [5.74, 6) is 0. The first-order valence-corrected chi connectivity index (χ1v) is 8.18. The zero-order chi connectivity index (χ0) is 18.1. The van der Waals surface area contributed by atoms with E-state index >= 15 is 0 Å². The van der Waals surface area contributed by atoms with Crippen molar-refractivity contribution in [2.24, 2.45) is 0 Å². The quantitative estimate of drug-likeness (QED) is 0.807. The second-order valence-corrected chi connectivity index (χ2v) is 7.17. The SMILES string of the molecule is CC(C)=C(c1nc(C(=C(C)C)N(C)C)c(C)c(C)c1C)N(C)C. The van der Waals surface area contributed by atoms with Gasteiger partial charge in [-0.2, -0.15) is 0 Å². The molecule has 0 aliphatic rings. The van der Waals surface area contributed by atoms with Crippen LogP contribution in [0.4, 0.5) is 0 Å². The van der Waals surface area contributed by atoms with Crippen LogP contribution >= 0.6 is 0 Å². The maximum atomic E-state index is 5.12. The lowest BCUT2D eigenvalue weighted by Gasteiger charge is -2.26. The van der Waals surface area contributed by atoms with Crippen molar-refractivity contribution >= 4 is 11.4 Å². The lowest BCUT2D eigenvalue weighted by atomic mass is 9.96. The minimum Gasteiger partial charge on any atom is -0.376 e. The Balaban J connectivity index is 3.86. The van der Waals surface area contributed by atoms with Crippen LogP contribution in [0.1, 0.15) is 55.8 Å². The first-order valence-electron chi connectivity index (χ1n) is 8.18. The van der Waals surface area contributed by atoms with Crippen molar-refractivity contribution < 1.29 is 0 Å². The fourth-order valence-corrected chi connectivity index (χ4v) is 3.17. The number of pyridine rings is 1. The molecule has 0 bridgehead atoms. The van der Waals surface area contributed by atoms with Gasteiger partial charge in [-0.25, -0.2) is 4.98 Å². The summed E-state index contributed by atoms with van der Waals surface area (Å²) in [6.45, 7) is 15.2. The Morgan fingerprint density at radius 1 is 0.609 bits per heavy atom. The van der Waals surface area contributed by atoms with E-state index in [-0.39, 0.29) is 0 Å². The summed E-state index contributed by atoms with van der Waals surface area (Å²) in [4.78, 5) is 9.45. The Kier molecular flexibility index (Phi) is 6.04. The highest BCUT2D eigenvalue weighted by Gasteiger charge is 2.20. The highest BCUT2D eigenvalue weighted by molar-refractivity contribution is 5.73. The molecule has 0 N–H and O–H groups in total. The number of rotatable bonds is 4. The fourth-order valence-electron chi connectivity index (χ4n) is 3.17. The molecule has 0 saturated heterocycles. The van der Waals surface area contributed by atoms with E-state index in [1.165, 1.54) is 39.2 Å². The van der Waals surface area contributed by atoms with E-state index < -0.39 is 0 Å². The average molecular weight is 316 g/mol. The first kappa shape index (κ1) is 19.3. The number of allylic oxidation sites excluding steroid dienone is 2. The molecule has 3 heteroatoms. The number of hydrogen-bond acceptors (Lipinski definition) is 3. The molecule has 0 atom stereocenters. The molecule has 0 saturated carbocycles. The van der Waals surface area contributed by atoms with Crippen LogP contribution in [-0.4, -0.2) is 43.0 Å². The van der Waals surface area contributed by atoms with Gasteiger partial charge >= 0.3 is 0 Å². The van der Waals surface area contributed by atoms with Gasteiger partial charge in [0, 0.05) is 28.2 Å². The summed E-state index contributed by atoms with van der Waals surface area (Å²) in [5.41, 5.74) is 11.0. The van der Waals surface area contributed by atoms with Gasteiger partial charge in [0.05, 0.1) is 22.8 Å². The Morgan fingerprint density at radius 2 is 0.913 bits per heavy atom. The highest BCUT2D eigenvalue weighted by atomic mass is 15.1. The molecule has 0 amide bonds. The van der Waals surface area contributed by atoms with Crippen LogP contribution in [0.2, 0.25) is 0 Å². The van der Waals surface area contributed by atoms with Crippen LogP contribution in [0.3, 0.4) is 0 Å². The normalized spacial score (nSPS) is 10.4. The van der Waals surface area contributed by atoms with Gasteiger partial charge in [0.1, 0.15) is 0 Å². The molecule has 0 unspecified atom stereocenters. The van der Waals surface area contributed by atoms with Gasteiger partial charge in [0.15, 0.2) is 0 Å². The third kappa shape index (κ3) is 3.77. The van der Waals surface area contributed by atoms with Crippen molar-refractivity contribution in [3.05, 3.63) is 39.2 Å². The second kappa shape index (κ2) is 7.20. The molecule has 3 nitrogen and oxygen atoms in total. The Bertz CT molecular complexity index is 600. The van der Waals surface area contributed by atoms with Gasteiger partial charge in [-0.3, -0.25) is 0 Å². The topological polar surface area (TPSA) is 19.4 Å². The molecule has 0 aliphatic carbocycles. The Morgan fingerprint density at radius 3 is 1.13 bits per heavy atom. The predicted octanol–water partition coefficient (Wildman–Crippen LogP) is 4.63. The van der Waals surface area contributed by atoms with Crippen LogP contribution in [0.25, 0.3) is 11.4 Å². The van der Waals surface area contributed by atoms with Gasteiger partial charge in [-0.15, -0.1) is 0 Å². The molecular formula is C20H33N3. The number of hydrogen-bond donors (Lipinski definition) is 0. The predicted molar refractivity (Wildman–Crippen MR) is 102 cm³/mol.